The molecule has 6 rings (SSSR count). The lowest BCUT2D eigenvalue weighted by Crippen LogP contribution is -2.46. The maximum absolute atomic E-state index is 13.4. The van der Waals surface area contributed by atoms with E-state index in [4.69, 9.17) is 14.1 Å². The Balaban J connectivity index is 1.23. The molecule has 3 aromatic heterocycles. The molecular weight excluding hydrogens is 496 g/mol. The molecule has 1 saturated carbocycles. The van der Waals surface area contributed by atoms with E-state index in [2.05, 4.69) is 25.4 Å². The van der Waals surface area contributed by atoms with Crippen LogP contribution in [0.15, 0.2) is 34.9 Å². The molecule has 208 valence electrons. The number of hydrogen-bond acceptors (Lipinski definition) is 9. The number of morpholine rings is 1. The molecule has 10 nitrogen and oxygen atoms in total. The Morgan fingerprint density at radius 3 is 2.54 bits per heavy atom. The van der Waals surface area contributed by atoms with Crippen molar-refractivity contribution >= 4 is 34.3 Å². The van der Waals surface area contributed by atoms with Crippen LogP contribution in [0.2, 0.25) is 0 Å². The van der Waals surface area contributed by atoms with Crippen LogP contribution in [0.4, 0.5) is 17.3 Å². The number of pyridine rings is 2. The number of aryl methyl sites for hydroxylation is 1. The Bertz CT molecular complexity index is 1270. The highest BCUT2D eigenvalue weighted by molar-refractivity contribution is 6.10. The van der Waals surface area contributed by atoms with Gasteiger partial charge in [0.1, 0.15) is 29.1 Å². The van der Waals surface area contributed by atoms with Gasteiger partial charge in [-0.2, -0.15) is 0 Å². The molecule has 39 heavy (non-hydrogen) atoms. The van der Waals surface area contributed by atoms with Crippen LogP contribution in [0.25, 0.3) is 11.1 Å². The van der Waals surface area contributed by atoms with Crippen molar-refractivity contribution < 1.29 is 19.1 Å². The van der Waals surface area contributed by atoms with E-state index in [0.717, 1.165) is 89.3 Å². The molecule has 1 atom stereocenters. The Kier molecular flexibility index (Phi) is 7.67. The summed E-state index contributed by atoms with van der Waals surface area (Å²) in [5.74, 6) is 1.03. The third-order valence-corrected chi connectivity index (χ3v) is 8.35. The molecule has 5 heterocycles. The van der Waals surface area contributed by atoms with Gasteiger partial charge >= 0.3 is 0 Å². The Labute approximate surface area is 228 Å². The number of ether oxygens (including phenoxy) is 1. The summed E-state index contributed by atoms with van der Waals surface area (Å²) in [5.41, 5.74) is 2.50. The van der Waals surface area contributed by atoms with Crippen LogP contribution in [0, 0.1) is 12.8 Å². The number of nitrogens with zero attached hydrogens (tertiary/aromatic N) is 4. The highest BCUT2D eigenvalue weighted by Gasteiger charge is 2.32. The van der Waals surface area contributed by atoms with E-state index in [-0.39, 0.29) is 11.7 Å². The first-order chi connectivity index (χ1) is 19.0. The normalized spacial score (nSPS) is 23.2. The second kappa shape index (κ2) is 11.5. The van der Waals surface area contributed by atoms with E-state index in [1.54, 1.807) is 12.3 Å². The van der Waals surface area contributed by atoms with Gasteiger partial charge in [0, 0.05) is 44.3 Å². The summed E-state index contributed by atoms with van der Waals surface area (Å²) in [6.45, 7) is 7.42. The van der Waals surface area contributed by atoms with Gasteiger partial charge < -0.3 is 29.8 Å². The molecule has 0 aromatic carbocycles. The van der Waals surface area contributed by atoms with Crippen LogP contribution in [0.3, 0.4) is 0 Å². The quantitative estimate of drug-likeness (QED) is 0.387. The number of amides is 1. The third kappa shape index (κ3) is 5.73. The summed E-state index contributed by atoms with van der Waals surface area (Å²) < 4.78 is 11.6. The van der Waals surface area contributed by atoms with E-state index in [1.165, 1.54) is 0 Å². The van der Waals surface area contributed by atoms with Gasteiger partial charge in [0.05, 0.1) is 13.2 Å². The maximum atomic E-state index is 13.4. The topological polar surface area (TPSA) is 116 Å². The number of nitrogens with one attached hydrogen (secondary N) is 2. The van der Waals surface area contributed by atoms with Gasteiger partial charge in [-0.15, -0.1) is 0 Å². The van der Waals surface area contributed by atoms with Gasteiger partial charge in [0.25, 0.3) is 5.91 Å². The highest BCUT2D eigenvalue weighted by Crippen LogP contribution is 2.36. The van der Waals surface area contributed by atoms with Crippen LogP contribution in [0.1, 0.15) is 54.6 Å². The molecule has 1 aliphatic carbocycles. The number of rotatable bonds is 7. The first kappa shape index (κ1) is 26.0. The second-order valence-corrected chi connectivity index (χ2v) is 11.0. The van der Waals surface area contributed by atoms with E-state index in [9.17, 15) is 9.90 Å². The standard InChI is InChI=1S/C29H38N6O4/c1-19-4-10-23(30-18-19)31-29(37)27-26(25-22(39-27)9-11-24(32-25)35-12-2-3-13-35)33-28(36)20-5-7-21(8-6-20)34-14-16-38-17-15-34/h4,9-11,18,20-21,28,33,36H,2-3,5-8,12-17H2,1H3,(H,30,31,37). The minimum absolute atomic E-state index is 0.0729. The molecule has 1 amide bonds. The number of aliphatic hydroxyl groups excluding tert-OH is 1. The largest absolute Gasteiger partial charge is 0.447 e. The maximum Gasteiger partial charge on any atom is 0.294 e. The zero-order chi connectivity index (χ0) is 26.8. The zero-order valence-electron chi connectivity index (χ0n) is 22.6. The lowest BCUT2D eigenvalue weighted by Gasteiger charge is -2.39. The molecule has 3 aromatic rings. The molecule has 10 heteroatoms. The SMILES string of the molecule is Cc1ccc(NC(=O)c2oc3ccc(N4CCCC4)nc3c2NC(O)C2CCC(N3CCOCC3)CC2)nc1. The lowest BCUT2D eigenvalue weighted by atomic mass is 9.84. The Hall–Kier alpha value is -3.21. The van der Waals surface area contributed by atoms with Gasteiger partial charge in [-0.3, -0.25) is 9.69 Å². The van der Waals surface area contributed by atoms with Crippen LogP contribution < -0.4 is 15.5 Å². The predicted molar refractivity (Wildman–Crippen MR) is 150 cm³/mol. The number of aromatic nitrogens is 2. The summed E-state index contributed by atoms with van der Waals surface area (Å²) >= 11 is 0. The molecule has 0 radical (unpaired) electrons. The van der Waals surface area contributed by atoms with Crippen molar-refractivity contribution in [2.24, 2.45) is 5.92 Å². The fraction of sp³-hybridized carbons (Fsp3) is 0.552. The van der Waals surface area contributed by atoms with Crippen LogP contribution in [0.5, 0.6) is 0 Å². The third-order valence-electron chi connectivity index (χ3n) is 8.35. The van der Waals surface area contributed by atoms with Crippen LogP contribution in [-0.4, -0.2) is 77.5 Å². The van der Waals surface area contributed by atoms with E-state index in [1.807, 2.05) is 25.1 Å². The first-order valence-corrected chi connectivity index (χ1v) is 14.2. The molecule has 3 aliphatic rings. The van der Waals surface area contributed by atoms with Crippen LogP contribution in [-0.2, 0) is 4.74 Å². The summed E-state index contributed by atoms with van der Waals surface area (Å²) in [7, 11) is 0. The number of hydrogen-bond donors (Lipinski definition) is 3. The summed E-state index contributed by atoms with van der Waals surface area (Å²) in [6.07, 6.45) is 7.06. The van der Waals surface area contributed by atoms with Crippen molar-refractivity contribution in [1.29, 1.82) is 0 Å². The molecule has 1 unspecified atom stereocenters. The van der Waals surface area contributed by atoms with Crippen molar-refractivity contribution in [1.82, 2.24) is 14.9 Å². The molecule has 2 saturated heterocycles. The first-order valence-electron chi connectivity index (χ1n) is 14.2. The van der Waals surface area contributed by atoms with E-state index >= 15 is 0 Å². The Morgan fingerprint density at radius 1 is 1.05 bits per heavy atom. The van der Waals surface area contributed by atoms with E-state index < -0.39 is 12.1 Å². The lowest BCUT2D eigenvalue weighted by molar-refractivity contribution is -0.00223. The average molecular weight is 535 g/mol. The fourth-order valence-electron chi connectivity index (χ4n) is 6.09. The molecule has 0 spiro atoms. The van der Waals surface area contributed by atoms with Crippen molar-refractivity contribution in [3.05, 3.63) is 41.8 Å². The van der Waals surface area contributed by atoms with Crippen molar-refractivity contribution in [2.45, 2.75) is 57.7 Å². The predicted octanol–water partition coefficient (Wildman–Crippen LogP) is 4.01. The second-order valence-electron chi connectivity index (χ2n) is 11.0. The van der Waals surface area contributed by atoms with E-state index in [0.29, 0.717) is 28.6 Å². The molecule has 0 bridgehead atoms. The summed E-state index contributed by atoms with van der Waals surface area (Å²) in [5, 5.41) is 17.4. The molecule has 3 fully saturated rings. The average Bonchev–Trinajstić information content (AvgIpc) is 3.63. The summed E-state index contributed by atoms with van der Waals surface area (Å²) in [4.78, 5) is 27.3. The van der Waals surface area contributed by atoms with Gasteiger partial charge in [-0.1, -0.05) is 6.07 Å². The molecule has 2 aliphatic heterocycles. The number of anilines is 3. The van der Waals surface area contributed by atoms with Gasteiger partial charge in [0.15, 0.2) is 5.58 Å². The number of aliphatic hydroxyl groups is 1. The molecule has 3 N–H and O–H groups in total. The van der Waals surface area contributed by atoms with Gasteiger partial charge in [0.2, 0.25) is 5.76 Å². The minimum Gasteiger partial charge on any atom is -0.447 e. The number of fused-ring (bicyclic) bond motifs is 1. The smallest absolute Gasteiger partial charge is 0.294 e. The Morgan fingerprint density at radius 2 is 1.82 bits per heavy atom. The van der Waals surface area contributed by atoms with Crippen LogP contribution >= 0.6 is 0 Å². The van der Waals surface area contributed by atoms with Crippen molar-refractivity contribution in [3.63, 3.8) is 0 Å². The summed E-state index contributed by atoms with van der Waals surface area (Å²) in [6, 6.07) is 7.99. The van der Waals surface area contributed by atoms with Gasteiger partial charge in [-0.25, -0.2) is 9.97 Å². The fourth-order valence-corrected chi connectivity index (χ4v) is 6.09. The zero-order valence-corrected chi connectivity index (χ0v) is 22.6. The number of furan rings is 1. The highest BCUT2D eigenvalue weighted by atomic mass is 16.5. The van der Waals surface area contributed by atoms with Crippen molar-refractivity contribution in [2.75, 3.05) is 54.9 Å². The number of carbonyl (C=O) groups excluding carboxylic acids is 1. The monoisotopic (exact) mass is 534 g/mol. The molecular formula is C29H38N6O4. The van der Waals surface area contributed by atoms with Gasteiger partial charge in [-0.05, 0) is 69.2 Å². The minimum atomic E-state index is -0.822. The van der Waals surface area contributed by atoms with Crippen molar-refractivity contribution in [3.8, 4) is 0 Å². The number of carbonyl (C=O) groups is 1.